The number of carboxylic acids is 2. The predicted octanol–water partition coefficient (Wildman–Crippen LogP) is 3.84. The molecule has 6 heteroatoms. The first-order valence-corrected chi connectivity index (χ1v) is 7.65. The summed E-state index contributed by atoms with van der Waals surface area (Å²) in [5.74, 6) is -1.80. The molecule has 22 heavy (non-hydrogen) atoms. The molecule has 2 N–H and O–H groups in total. The minimum atomic E-state index is -1.67. The lowest BCUT2D eigenvalue weighted by Gasteiger charge is -2.22. The summed E-state index contributed by atoms with van der Waals surface area (Å²) >= 11 is 5.77. The van der Waals surface area contributed by atoms with Crippen molar-refractivity contribution < 1.29 is 24.5 Å². The fourth-order valence-electron chi connectivity index (χ4n) is 2.21. The van der Waals surface area contributed by atoms with Crippen LogP contribution in [0.4, 0.5) is 0 Å². The average molecular weight is 329 g/mol. The van der Waals surface area contributed by atoms with Crippen molar-refractivity contribution in [2.24, 2.45) is 5.41 Å². The molecular weight excluding hydrogens is 308 g/mol. The van der Waals surface area contributed by atoms with Crippen LogP contribution in [0.1, 0.15) is 39.0 Å². The van der Waals surface area contributed by atoms with E-state index in [9.17, 15) is 9.59 Å². The molecular formula is C16H21ClO5. The summed E-state index contributed by atoms with van der Waals surface area (Å²) in [4.78, 5) is 22.4. The third kappa shape index (κ3) is 4.91. The SMILES string of the molecule is CCC(CCCCCOc1ccc(Cl)cc1)(C(=O)O)C(=O)O. The molecule has 1 aromatic carbocycles. The predicted molar refractivity (Wildman–Crippen MR) is 83.4 cm³/mol. The number of halogens is 1. The Morgan fingerprint density at radius 3 is 2.18 bits per heavy atom. The van der Waals surface area contributed by atoms with Crippen molar-refractivity contribution >= 4 is 23.5 Å². The van der Waals surface area contributed by atoms with Crippen LogP contribution >= 0.6 is 11.6 Å². The van der Waals surface area contributed by atoms with E-state index in [0.717, 1.165) is 18.6 Å². The van der Waals surface area contributed by atoms with Crippen LogP contribution in [0, 0.1) is 5.41 Å². The van der Waals surface area contributed by atoms with E-state index in [1.54, 1.807) is 31.2 Å². The van der Waals surface area contributed by atoms with Gasteiger partial charge in [-0.3, -0.25) is 9.59 Å². The monoisotopic (exact) mass is 328 g/mol. The van der Waals surface area contributed by atoms with Gasteiger partial charge in [0.05, 0.1) is 6.61 Å². The molecule has 1 rings (SSSR count). The maximum atomic E-state index is 11.2. The average Bonchev–Trinajstić information content (AvgIpc) is 2.48. The van der Waals surface area contributed by atoms with E-state index in [2.05, 4.69) is 0 Å². The quantitative estimate of drug-likeness (QED) is 0.503. The van der Waals surface area contributed by atoms with E-state index in [4.69, 9.17) is 26.6 Å². The van der Waals surface area contributed by atoms with Gasteiger partial charge in [-0.1, -0.05) is 31.4 Å². The molecule has 0 amide bonds. The smallest absolute Gasteiger partial charge is 0.321 e. The minimum Gasteiger partial charge on any atom is -0.494 e. The van der Waals surface area contributed by atoms with Crippen LogP contribution in [-0.2, 0) is 9.59 Å². The number of carboxylic acid groups (broad SMARTS) is 2. The fraction of sp³-hybridized carbons (Fsp3) is 0.500. The molecule has 0 spiro atoms. The summed E-state index contributed by atoms with van der Waals surface area (Å²) in [5.41, 5.74) is -1.67. The van der Waals surface area contributed by atoms with E-state index in [1.165, 1.54) is 0 Å². The van der Waals surface area contributed by atoms with Crippen LogP contribution < -0.4 is 4.74 Å². The number of unbranched alkanes of at least 4 members (excludes halogenated alkanes) is 2. The first-order valence-electron chi connectivity index (χ1n) is 7.27. The Kier molecular flexibility index (Phi) is 7.18. The summed E-state index contributed by atoms with van der Waals surface area (Å²) in [6, 6.07) is 7.04. The van der Waals surface area contributed by atoms with E-state index >= 15 is 0 Å². The van der Waals surface area contributed by atoms with Gasteiger partial charge in [-0.25, -0.2) is 0 Å². The normalized spacial score (nSPS) is 11.2. The largest absolute Gasteiger partial charge is 0.494 e. The van der Waals surface area contributed by atoms with Gasteiger partial charge in [0.15, 0.2) is 5.41 Å². The maximum absolute atomic E-state index is 11.2. The number of benzene rings is 1. The topological polar surface area (TPSA) is 83.8 Å². The fourth-order valence-corrected chi connectivity index (χ4v) is 2.34. The molecule has 0 aromatic heterocycles. The van der Waals surface area contributed by atoms with Crippen LogP contribution in [-0.4, -0.2) is 28.8 Å². The molecule has 0 saturated heterocycles. The molecule has 0 aliphatic rings. The van der Waals surface area contributed by atoms with Gasteiger partial charge in [-0.2, -0.15) is 0 Å². The molecule has 122 valence electrons. The zero-order chi connectivity index (χ0) is 16.6. The highest BCUT2D eigenvalue weighted by atomic mass is 35.5. The first kappa shape index (κ1) is 18.3. The number of carbonyl (C=O) groups is 2. The zero-order valence-electron chi connectivity index (χ0n) is 12.5. The van der Waals surface area contributed by atoms with Crippen LogP contribution in [0.2, 0.25) is 5.02 Å². The highest BCUT2D eigenvalue weighted by molar-refractivity contribution is 6.30. The van der Waals surface area contributed by atoms with Crippen molar-refractivity contribution in [3.63, 3.8) is 0 Å². The van der Waals surface area contributed by atoms with Gasteiger partial charge < -0.3 is 14.9 Å². The number of rotatable bonds is 10. The van der Waals surface area contributed by atoms with Crippen LogP contribution in [0.5, 0.6) is 5.75 Å². The maximum Gasteiger partial charge on any atom is 0.321 e. The summed E-state index contributed by atoms with van der Waals surface area (Å²) in [6.07, 6.45) is 2.21. The van der Waals surface area contributed by atoms with Gasteiger partial charge in [0.25, 0.3) is 0 Å². The number of aliphatic carboxylic acids is 2. The van der Waals surface area contributed by atoms with Gasteiger partial charge in [-0.15, -0.1) is 0 Å². The van der Waals surface area contributed by atoms with Crippen LogP contribution in [0.25, 0.3) is 0 Å². The molecule has 0 aliphatic carbocycles. The molecule has 0 aliphatic heterocycles. The molecule has 5 nitrogen and oxygen atoms in total. The van der Waals surface area contributed by atoms with Crippen molar-refractivity contribution in [2.75, 3.05) is 6.61 Å². The molecule has 0 heterocycles. The molecule has 1 aromatic rings. The highest BCUT2D eigenvalue weighted by Crippen LogP contribution is 2.30. The molecule has 0 atom stereocenters. The van der Waals surface area contributed by atoms with Gasteiger partial charge in [0.2, 0.25) is 0 Å². The van der Waals surface area contributed by atoms with Gasteiger partial charge in [-0.05, 0) is 43.5 Å². The molecule has 0 saturated carbocycles. The van der Waals surface area contributed by atoms with E-state index in [-0.39, 0.29) is 12.8 Å². The Balaban J connectivity index is 2.30. The Hall–Kier alpha value is -1.75. The Morgan fingerprint density at radius 2 is 1.68 bits per heavy atom. The summed E-state index contributed by atoms with van der Waals surface area (Å²) in [5, 5.41) is 18.9. The van der Waals surface area contributed by atoms with Crippen molar-refractivity contribution in [1.82, 2.24) is 0 Å². The molecule has 0 fully saturated rings. The Bertz CT molecular complexity index is 484. The third-order valence-electron chi connectivity index (χ3n) is 3.75. The Morgan fingerprint density at radius 1 is 1.09 bits per heavy atom. The van der Waals surface area contributed by atoms with Gasteiger partial charge >= 0.3 is 11.9 Å². The molecule has 0 bridgehead atoms. The lowest BCUT2D eigenvalue weighted by atomic mass is 9.80. The van der Waals surface area contributed by atoms with Crippen molar-refractivity contribution in [3.05, 3.63) is 29.3 Å². The number of ether oxygens (including phenoxy) is 1. The van der Waals surface area contributed by atoms with Gasteiger partial charge in [0, 0.05) is 5.02 Å². The lowest BCUT2D eigenvalue weighted by Crippen LogP contribution is -2.38. The highest BCUT2D eigenvalue weighted by Gasteiger charge is 2.44. The summed E-state index contributed by atoms with van der Waals surface area (Å²) in [7, 11) is 0. The number of hydrogen-bond donors (Lipinski definition) is 2. The van der Waals surface area contributed by atoms with E-state index in [1.807, 2.05) is 0 Å². The van der Waals surface area contributed by atoms with E-state index in [0.29, 0.717) is 18.1 Å². The third-order valence-corrected chi connectivity index (χ3v) is 4.00. The van der Waals surface area contributed by atoms with Crippen LogP contribution in [0.3, 0.4) is 0 Å². The zero-order valence-corrected chi connectivity index (χ0v) is 13.3. The van der Waals surface area contributed by atoms with Gasteiger partial charge in [0.1, 0.15) is 5.75 Å². The van der Waals surface area contributed by atoms with E-state index < -0.39 is 17.4 Å². The summed E-state index contributed by atoms with van der Waals surface area (Å²) in [6.45, 7) is 2.09. The second-order valence-corrected chi connectivity index (χ2v) is 5.60. The number of hydrogen-bond acceptors (Lipinski definition) is 3. The Labute approximate surface area is 134 Å². The lowest BCUT2D eigenvalue weighted by molar-refractivity contribution is -0.165. The van der Waals surface area contributed by atoms with Crippen LogP contribution in [0.15, 0.2) is 24.3 Å². The van der Waals surface area contributed by atoms with Crippen molar-refractivity contribution in [1.29, 1.82) is 0 Å². The molecule has 0 radical (unpaired) electrons. The second-order valence-electron chi connectivity index (χ2n) is 5.16. The molecule has 0 unspecified atom stereocenters. The minimum absolute atomic E-state index is 0.0823. The van der Waals surface area contributed by atoms with Crippen molar-refractivity contribution in [3.8, 4) is 5.75 Å². The second kappa shape index (κ2) is 8.63. The standard InChI is InChI=1S/C16H21ClO5/c1-2-16(14(18)19,15(20)21)10-4-3-5-11-22-13-8-6-12(17)7-9-13/h6-9H,2-5,10-11H2,1H3,(H,18,19)(H,20,21). The summed E-state index contributed by atoms with van der Waals surface area (Å²) < 4.78 is 5.52. The first-order chi connectivity index (χ1) is 10.4. The van der Waals surface area contributed by atoms with Crippen molar-refractivity contribution in [2.45, 2.75) is 39.0 Å².